The minimum absolute atomic E-state index is 0.667. The molecule has 0 radical (unpaired) electrons. The molecule has 1 unspecified atom stereocenters. The maximum Gasteiger partial charge on any atom is 0.0191 e. The van der Waals surface area contributed by atoms with Gasteiger partial charge in [0.05, 0.1) is 0 Å². The quantitative estimate of drug-likeness (QED) is 0.617. The van der Waals surface area contributed by atoms with Crippen molar-refractivity contribution in [1.82, 2.24) is 10.2 Å². The van der Waals surface area contributed by atoms with Crippen LogP contribution in [0.15, 0.2) is 0 Å². The fourth-order valence-electron chi connectivity index (χ4n) is 1.12. The van der Waals surface area contributed by atoms with E-state index in [0.717, 1.165) is 6.54 Å². The second-order valence-corrected chi connectivity index (χ2v) is 3.04. The molecule has 0 aromatic heterocycles. The fraction of sp³-hybridized carbons (Fsp3) is 1.00. The van der Waals surface area contributed by atoms with Crippen LogP contribution in [0.1, 0.15) is 19.8 Å². The van der Waals surface area contributed by atoms with E-state index < -0.39 is 0 Å². The lowest BCUT2D eigenvalue weighted by atomic mass is 10.1. The van der Waals surface area contributed by atoms with Gasteiger partial charge in [-0.05, 0) is 27.6 Å². The normalized spacial score (nSPS) is 14.1. The molecule has 62 valence electrons. The van der Waals surface area contributed by atoms with Crippen LogP contribution in [0.2, 0.25) is 0 Å². The first-order valence-corrected chi connectivity index (χ1v) is 4.02. The van der Waals surface area contributed by atoms with Gasteiger partial charge in [0.2, 0.25) is 0 Å². The number of nitrogens with one attached hydrogen (secondary N) is 1. The Morgan fingerprint density at radius 3 is 2.30 bits per heavy atom. The van der Waals surface area contributed by atoms with Crippen molar-refractivity contribution in [1.29, 1.82) is 0 Å². The van der Waals surface area contributed by atoms with Crippen LogP contribution >= 0.6 is 0 Å². The third-order valence-corrected chi connectivity index (χ3v) is 1.63. The van der Waals surface area contributed by atoms with Crippen molar-refractivity contribution < 1.29 is 0 Å². The second-order valence-electron chi connectivity index (χ2n) is 3.04. The van der Waals surface area contributed by atoms with E-state index in [2.05, 4.69) is 31.2 Å². The van der Waals surface area contributed by atoms with Gasteiger partial charge in [0.25, 0.3) is 0 Å². The van der Waals surface area contributed by atoms with E-state index in [4.69, 9.17) is 0 Å². The van der Waals surface area contributed by atoms with Gasteiger partial charge < -0.3 is 10.2 Å². The summed E-state index contributed by atoms with van der Waals surface area (Å²) in [6.07, 6.45) is 2.54. The highest BCUT2D eigenvalue weighted by Crippen LogP contribution is 1.96. The van der Waals surface area contributed by atoms with Crippen LogP contribution in [0.5, 0.6) is 0 Å². The molecule has 0 aromatic carbocycles. The lowest BCUT2D eigenvalue weighted by Gasteiger charge is -2.19. The molecule has 0 saturated carbocycles. The first-order chi connectivity index (χ1) is 4.70. The van der Waals surface area contributed by atoms with Crippen molar-refractivity contribution in [2.24, 2.45) is 0 Å². The summed E-state index contributed by atoms with van der Waals surface area (Å²) in [5.74, 6) is 0. The summed E-state index contributed by atoms with van der Waals surface area (Å²) in [5, 5.41) is 3.29. The molecule has 1 N–H and O–H groups in total. The average molecular weight is 144 g/mol. The lowest BCUT2D eigenvalue weighted by Crippen LogP contribution is -2.35. The van der Waals surface area contributed by atoms with E-state index >= 15 is 0 Å². The molecule has 0 spiro atoms. The topological polar surface area (TPSA) is 15.3 Å². The number of nitrogens with zero attached hydrogens (tertiary/aromatic N) is 1. The van der Waals surface area contributed by atoms with Crippen molar-refractivity contribution >= 4 is 0 Å². The predicted octanol–water partition coefficient (Wildman–Crippen LogP) is 0.936. The number of likely N-dealkylation sites (N-methyl/N-ethyl adjacent to an activating group) is 2. The third-order valence-electron chi connectivity index (χ3n) is 1.63. The largest absolute Gasteiger partial charge is 0.316 e. The molecule has 0 aromatic rings. The highest BCUT2D eigenvalue weighted by molar-refractivity contribution is 4.65. The molecule has 0 fully saturated rings. The Kier molecular flexibility index (Phi) is 5.64. The zero-order valence-corrected chi connectivity index (χ0v) is 7.65. The monoisotopic (exact) mass is 144 g/mol. The summed E-state index contributed by atoms with van der Waals surface area (Å²) in [4.78, 5) is 2.22. The van der Waals surface area contributed by atoms with Crippen LogP contribution in [-0.4, -0.2) is 38.6 Å². The highest BCUT2D eigenvalue weighted by Gasteiger charge is 2.04. The van der Waals surface area contributed by atoms with E-state index in [1.54, 1.807) is 0 Å². The smallest absolute Gasteiger partial charge is 0.0191 e. The number of hydrogen-bond acceptors (Lipinski definition) is 2. The van der Waals surface area contributed by atoms with Gasteiger partial charge in [-0.2, -0.15) is 0 Å². The molecule has 1 atom stereocenters. The summed E-state index contributed by atoms with van der Waals surface area (Å²) in [6.45, 7) is 3.37. The Morgan fingerprint density at radius 2 is 2.00 bits per heavy atom. The van der Waals surface area contributed by atoms with Crippen LogP contribution in [-0.2, 0) is 0 Å². The Balaban J connectivity index is 3.39. The number of rotatable bonds is 5. The van der Waals surface area contributed by atoms with E-state index in [9.17, 15) is 0 Å². The Labute approximate surface area is 64.6 Å². The van der Waals surface area contributed by atoms with Gasteiger partial charge in [-0.3, -0.25) is 0 Å². The molecule has 0 bridgehead atoms. The van der Waals surface area contributed by atoms with Gasteiger partial charge >= 0.3 is 0 Å². The molecule has 10 heavy (non-hydrogen) atoms. The van der Waals surface area contributed by atoms with Gasteiger partial charge in [0.1, 0.15) is 0 Å². The molecule has 0 amide bonds. The molecule has 2 heteroatoms. The van der Waals surface area contributed by atoms with E-state index in [1.807, 2.05) is 7.05 Å². The summed E-state index contributed by atoms with van der Waals surface area (Å²) < 4.78 is 0. The second kappa shape index (κ2) is 5.69. The van der Waals surface area contributed by atoms with Crippen LogP contribution in [0, 0.1) is 0 Å². The van der Waals surface area contributed by atoms with Crippen LogP contribution in [0.3, 0.4) is 0 Å². The fourth-order valence-corrected chi connectivity index (χ4v) is 1.12. The average Bonchev–Trinajstić information content (AvgIpc) is 1.86. The molecular weight excluding hydrogens is 124 g/mol. The summed E-state index contributed by atoms with van der Waals surface area (Å²) in [5.41, 5.74) is 0. The molecule has 0 aliphatic heterocycles. The zero-order chi connectivity index (χ0) is 7.98. The van der Waals surface area contributed by atoms with E-state index in [0.29, 0.717) is 6.04 Å². The molecule has 0 aliphatic carbocycles. The molecule has 2 nitrogen and oxygen atoms in total. The predicted molar refractivity (Wildman–Crippen MR) is 46.3 cm³/mol. The first kappa shape index (κ1) is 9.92. The van der Waals surface area contributed by atoms with Crippen molar-refractivity contribution in [3.8, 4) is 0 Å². The zero-order valence-electron chi connectivity index (χ0n) is 7.65. The van der Waals surface area contributed by atoms with Crippen molar-refractivity contribution in [3.63, 3.8) is 0 Å². The third kappa shape index (κ3) is 4.77. The Bertz CT molecular complexity index is 71.7. The standard InChI is InChI=1S/C8H20N2/c1-5-6-8(9-2)7-10(3)4/h8-9H,5-7H2,1-4H3. The van der Waals surface area contributed by atoms with Crippen molar-refractivity contribution in [2.45, 2.75) is 25.8 Å². The van der Waals surface area contributed by atoms with Gasteiger partial charge in [-0.25, -0.2) is 0 Å². The molecule has 0 aliphatic rings. The van der Waals surface area contributed by atoms with Crippen LogP contribution in [0.25, 0.3) is 0 Å². The molecule has 0 saturated heterocycles. The first-order valence-electron chi connectivity index (χ1n) is 4.02. The van der Waals surface area contributed by atoms with Gasteiger partial charge in [-0.1, -0.05) is 13.3 Å². The van der Waals surface area contributed by atoms with Crippen LogP contribution in [0.4, 0.5) is 0 Å². The van der Waals surface area contributed by atoms with Crippen LogP contribution < -0.4 is 5.32 Å². The summed E-state index contributed by atoms with van der Waals surface area (Å²) >= 11 is 0. The minimum atomic E-state index is 0.667. The van der Waals surface area contributed by atoms with Gasteiger partial charge in [-0.15, -0.1) is 0 Å². The SMILES string of the molecule is CCCC(CN(C)C)NC. The summed E-state index contributed by atoms with van der Waals surface area (Å²) in [6, 6.07) is 0.667. The Hall–Kier alpha value is -0.0800. The minimum Gasteiger partial charge on any atom is -0.316 e. The van der Waals surface area contributed by atoms with Gasteiger partial charge in [0.15, 0.2) is 0 Å². The maximum absolute atomic E-state index is 3.29. The summed E-state index contributed by atoms with van der Waals surface area (Å²) in [7, 11) is 6.25. The van der Waals surface area contributed by atoms with Gasteiger partial charge in [0, 0.05) is 12.6 Å². The Morgan fingerprint density at radius 1 is 1.40 bits per heavy atom. The van der Waals surface area contributed by atoms with E-state index in [1.165, 1.54) is 12.8 Å². The molecule has 0 rings (SSSR count). The van der Waals surface area contributed by atoms with E-state index in [-0.39, 0.29) is 0 Å². The molecule has 0 heterocycles. The number of hydrogen-bond donors (Lipinski definition) is 1. The lowest BCUT2D eigenvalue weighted by molar-refractivity contribution is 0.336. The molecular formula is C8H20N2. The van der Waals surface area contributed by atoms with Crippen molar-refractivity contribution in [3.05, 3.63) is 0 Å². The maximum atomic E-state index is 3.29. The van der Waals surface area contributed by atoms with Crippen molar-refractivity contribution in [2.75, 3.05) is 27.7 Å². The highest BCUT2D eigenvalue weighted by atomic mass is 15.1.